The standard InChI is InChI=1S/C15H15BrN2O2/c1-11(20-14-6-4-13(16)5-7-14)15(19)18-10-12-3-2-8-17-9-12/h2-9,11H,10H2,1H3,(H,18,19). The zero-order valence-electron chi connectivity index (χ0n) is 11.0. The number of ether oxygens (including phenoxy) is 1. The van der Waals surface area contributed by atoms with Crippen LogP contribution in [0.1, 0.15) is 12.5 Å². The topological polar surface area (TPSA) is 51.2 Å². The van der Waals surface area contributed by atoms with Crippen LogP contribution >= 0.6 is 15.9 Å². The Morgan fingerprint density at radius 1 is 1.35 bits per heavy atom. The van der Waals surface area contributed by atoms with Gasteiger partial charge < -0.3 is 10.1 Å². The number of rotatable bonds is 5. The third kappa shape index (κ3) is 4.35. The Morgan fingerprint density at radius 2 is 2.10 bits per heavy atom. The highest BCUT2D eigenvalue weighted by Crippen LogP contribution is 2.17. The second-order valence-corrected chi connectivity index (χ2v) is 5.21. The van der Waals surface area contributed by atoms with Crippen molar-refractivity contribution in [2.24, 2.45) is 0 Å². The summed E-state index contributed by atoms with van der Waals surface area (Å²) in [5.74, 6) is 0.508. The second-order valence-electron chi connectivity index (χ2n) is 4.29. The number of hydrogen-bond acceptors (Lipinski definition) is 3. The quantitative estimate of drug-likeness (QED) is 0.914. The Bertz CT molecular complexity index is 558. The van der Waals surface area contributed by atoms with Crippen molar-refractivity contribution in [2.75, 3.05) is 0 Å². The first kappa shape index (κ1) is 14.5. The minimum absolute atomic E-state index is 0.156. The van der Waals surface area contributed by atoms with Gasteiger partial charge in [-0.25, -0.2) is 0 Å². The summed E-state index contributed by atoms with van der Waals surface area (Å²) in [6, 6.07) is 11.1. The van der Waals surface area contributed by atoms with Gasteiger partial charge >= 0.3 is 0 Å². The highest BCUT2D eigenvalue weighted by atomic mass is 79.9. The SMILES string of the molecule is CC(Oc1ccc(Br)cc1)C(=O)NCc1cccnc1. The van der Waals surface area contributed by atoms with Gasteiger partial charge in [0.2, 0.25) is 0 Å². The van der Waals surface area contributed by atoms with E-state index < -0.39 is 6.10 Å². The molecule has 2 rings (SSSR count). The molecule has 5 heteroatoms. The van der Waals surface area contributed by atoms with Crippen LogP contribution in [0.3, 0.4) is 0 Å². The average molecular weight is 335 g/mol. The number of aromatic nitrogens is 1. The first-order valence-corrected chi connectivity index (χ1v) is 7.03. The number of carbonyl (C=O) groups is 1. The largest absolute Gasteiger partial charge is 0.481 e. The van der Waals surface area contributed by atoms with Gasteiger partial charge in [0.1, 0.15) is 5.75 Å². The number of nitrogens with one attached hydrogen (secondary N) is 1. The summed E-state index contributed by atoms with van der Waals surface area (Å²) in [6.07, 6.45) is 2.87. The van der Waals surface area contributed by atoms with Crippen molar-refractivity contribution < 1.29 is 9.53 Å². The van der Waals surface area contributed by atoms with Gasteiger partial charge in [-0.05, 0) is 42.8 Å². The summed E-state index contributed by atoms with van der Waals surface area (Å²) in [6.45, 7) is 2.17. The number of carbonyl (C=O) groups excluding carboxylic acids is 1. The van der Waals surface area contributed by atoms with Crippen molar-refractivity contribution in [2.45, 2.75) is 19.6 Å². The number of amides is 1. The lowest BCUT2D eigenvalue weighted by Gasteiger charge is -2.14. The van der Waals surface area contributed by atoms with E-state index in [9.17, 15) is 4.79 Å². The van der Waals surface area contributed by atoms with E-state index in [2.05, 4.69) is 26.2 Å². The molecule has 1 amide bonds. The van der Waals surface area contributed by atoms with Crippen LogP contribution in [0.15, 0.2) is 53.3 Å². The maximum Gasteiger partial charge on any atom is 0.261 e. The van der Waals surface area contributed by atoms with Crippen molar-refractivity contribution in [3.8, 4) is 5.75 Å². The van der Waals surface area contributed by atoms with Gasteiger partial charge in [0, 0.05) is 23.4 Å². The van der Waals surface area contributed by atoms with Gasteiger partial charge in [-0.2, -0.15) is 0 Å². The van der Waals surface area contributed by atoms with Crippen LogP contribution in [-0.2, 0) is 11.3 Å². The monoisotopic (exact) mass is 334 g/mol. The zero-order chi connectivity index (χ0) is 14.4. The Morgan fingerprint density at radius 3 is 2.75 bits per heavy atom. The van der Waals surface area contributed by atoms with Crippen LogP contribution < -0.4 is 10.1 Å². The highest BCUT2D eigenvalue weighted by molar-refractivity contribution is 9.10. The number of halogens is 1. The third-order valence-electron chi connectivity index (χ3n) is 2.69. The molecule has 0 spiro atoms. The maximum absolute atomic E-state index is 11.9. The Kier molecular flexibility index (Phi) is 5.12. The second kappa shape index (κ2) is 7.05. The molecule has 104 valence electrons. The molecule has 2 aromatic rings. The molecule has 0 aliphatic carbocycles. The van der Waals surface area contributed by atoms with E-state index in [0.29, 0.717) is 12.3 Å². The summed E-state index contributed by atoms with van der Waals surface area (Å²) in [5, 5.41) is 2.82. The number of benzene rings is 1. The lowest BCUT2D eigenvalue weighted by Crippen LogP contribution is -2.35. The first-order valence-electron chi connectivity index (χ1n) is 6.24. The molecule has 4 nitrogen and oxygen atoms in total. The predicted octanol–water partition coefficient (Wildman–Crippen LogP) is 2.93. The maximum atomic E-state index is 11.9. The molecule has 0 aliphatic rings. The predicted molar refractivity (Wildman–Crippen MR) is 80.3 cm³/mol. The van der Waals surface area contributed by atoms with E-state index in [0.717, 1.165) is 10.0 Å². The number of nitrogens with zero attached hydrogens (tertiary/aromatic N) is 1. The van der Waals surface area contributed by atoms with Crippen LogP contribution in [-0.4, -0.2) is 17.0 Å². The smallest absolute Gasteiger partial charge is 0.261 e. The molecule has 1 atom stereocenters. The van der Waals surface area contributed by atoms with E-state index in [1.54, 1.807) is 19.3 Å². The van der Waals surface area contributed by atoms with Crippen LogP contribution in [0.2, 0.25) is 0 Å². The van der Waals surface area contributed by atoms with Crippen molar-refractivity contribution in [3.05, 3.63) is 58.8 Å². The molecule has 0 saturated heterocycles. The molecule has 1 unspecified atom stereocenters. The molecule has 0 radical (unpaired) electrons. The lowest BCUT2D eigenvalue weighted by atomic mass is 10.2. The lowest BCUT2D eigenvalue weighted by molar-refractivity contribution is -0.127. The van der Waals surface area contributed by atoms with Crippen molar-refractivity contribution in [3.63, 3.8) is 0 Å². The Balaban J connectivity index is 1.84. The molecular formula is C15H15BrN2O2. The first-order chi connectivity index (χ1) is 9.65. The molecule has 0 bridgehead atoms. The fraction of sp³-hybridized carbons (Fsp3) is 0.200. The number of pyridine rings is 1. The fourth-order valence-corrected chi connectivity index (χ4v) is 1.87. The summed E-state index contributed by atoms with van der Waals surface area (Å²) < 4.78 is 6.54. The normalized spacial score (nSPS) is 11.7. The molecule has 1 N–H and O–H groups in total. The van der Waals surface area contributed by atoms with Gasteiger partial charge in [0.05, 0.1) is 0 Å². The molecule has 0 saturated carbocycles. The summed E-state index contributed by atoms with van der Waals surface area (Å²) in [4.78, 5) is 15.9. The summed E-state index contributed by atoms with van der Waals surface area (Å²) >= 11 is 3.35. The molecule has 0 fully saturated rings. The van der Waals surface area contributed by atoms with Crippen LogP contribution in [0, 0.1) is 0 Å². The molecule has 0 aliphatic heterocycles. The van der Waals surface area contributed by atoms with E-state index in [4.69, 9.17) is 4.74 Å². The minimum atomic E-state index is -0.548. The van der Waals surface area contributed by atoms with Crippen molar-refractivity contribution >= 4 is 21.8 Å². The summed E-state index contributed by atoms with van der Waals surface area (Å²) in [7, 11) is 0. The van der Waals surface area contributed by atoms with Crippen molar-refractivity contribution in [1.82, 2.24) is 10.3 Å². The molecule has 1 aromatic heterocycles. The van der Waals surface area contributed by atoms with E-state index in [1.165, 1.54) is 0 Å². The van der Waals surface area contributed by atoms with Gasteiger partial charge in [-0.3, -0.25) is 9.78 Å². The van der Waals surface area contributed by atoms with E-state index in [-0.39, 0.29) is 5.91 Å². The summed E-state index contributed by atoms with van der Waals surface area (Å²) in [5.41, 5.74) is 0.955. The molecular weight excluding hydrogens is 320 g/mol. The van der Waals surface area contributed by atoms with Gasteiger partial charge in [-0.1, -0.05) is 22.0 Å². The molecule has 20 heavy (non-hydrogen) atoms. The van der Waals surface area contributed by atoms with Crippen LogP contribution in [0.25, 0.3) is 0 Å². The average Bonchev–Trinajstić information content (AvgIpc) is 2.48. The molecule has 1 aromatic carbocycles. The van der Waals surface area contributed by atoms with Gasteiger partial charge in [0.25, 0.3) is 5.91 Å². The Hall–Kier alpha value is -1.88. The van der Waals surface area contributed by atoms with Gasteiger partial charge in [-0.15, -0.1) is 0 Å². The molecule has 1 heterocycles. The van der Waals surface area contributed by atoms with Crippen LogP contribution in [0.5, 0.6) is 5.75 Å². The van der Waals surface area contributed by atoms with Crippen molar-refractivity contribution in [1.29, 1.82) is 0 Å². The van der Waals surface area contributed by atoms with E-state index >= 15 is 0 Å². The zero-order valence-corrected chi connectivity index (χ0v) is 12.6. The highest BCUT2D eigenvalue weighted by Gasteiger charge is 2.14. The van der Waals surface area contributed by atoms with Crippen LogP contribution in [0.4, 0.5) is 0 Å². The minimum Gasteiger partial charge on any atom is -0.481 e. The third-order valence-corrected chi connectivity index (χ3v) is 3.21. The van der Waals surface area contributed by atoms with E-state index in [1.807, 2.05) is 36.4 Å². The fourth-order valence-electron chi connectivity index (χ4n) is 1.61. The Labute approximate surface area is 126 Å². The number of hydrogen-bond donors (Lipinski definition) is 1. The van der Waals surface area contributed by atoms with Gasteiger partial charge in [0.15, 0.2) is 6.10 Å².